The number of piperidine rings is 1. The van der Waals surface area contributed by atoms with Gasteiger partial charge >= 0.3 is 0 Å². The van der Waals surface area contributed by atoms with Crippen molar-refractivity contribution in [1.82, 2.24) is 4.90 Å². The predicted octanol–water partition coefficient (Wildman–Crippen LogP) is 4.03. The van der Waals surface area contributed by atoms with Gasteiger partial charge in [-0.1, -0.05) is 42.5 Å². The zero-order chi connectivity index (χ0) is 16.8. The average molecular weight is 327 g/mol. The first-order chi connectivity index (χ1) is 11.7. The fourth-order valence-corrected chi connectivity index (χ4v) is 3.76. The van der Waals surface area contributed by atoms with Crippen LogP contribution in [0.25, 0.3) is 0 Å². The summed E-state index contributed by atoms with van der Waals surface area (Å²) in [7, 11) is 0. The van der Waals surface area contributed by atoms with Gasteiger partial charge in [0.05, 0.1) is 0 Å². The summed E-state index contributed by atoms with van der Waals surface area (Å²) in [5.41, 5.74) is 2.45. The van der Waals surface area contributed by atoms with Crippen molar-refractivity contribution in [2.45, 2.75) is 32.2 Å². The highest BCUT2D eigenvalue weighted by molar-refractivity contribution is 5.17. The molecule has 1 unspecified atom stereocenters. The van der Waals surface area contributed by atoms with E-state index in [-0.39, 0.29) is 17.8 Å². The Morgan fingerprint density at radius 1 is 1.00 bits per heavy atom. The van der Waals surface area contributed by atoms with Gasteiger partial charge in [0.15, 0.2) is 0 Å². The number of likely N-dealkylation sites (tertiary alicyclic amines) is 1. The number of aliphatic hydroxyl groups is 1. The molecule has 1 aliphatic rings. The summed E-state index contributed by atoms with van der Waals surface area (Å²) in [5.74, 6) is -0.190. The first-order valence-corrected chi connectivity index (χ1v) is 8.81. The molecular formula is C21H26FNO. The summed E-state index contributed by atoms with van der Waals surface area (Å²) in [4.78, 5) is 2.40. The van der Waals surface area contributed by atoms with Crippen LogP contribution in [0.5, 0.6) is 0 Å². The minimum atomic E-state index is -0.190. The van der Waals surface area contributed by atoms with Crippen molar-refractivity contribution < 1.29 is 9.50 Å². The third-order valence-corrected chi connectivity index (χ3v) is 5.18. The van der Waals surface area contributed by atoms with Crippen LogP contribution >= 0.6 is 0 Å². The lowest BCUT2D eigenvalue weighted by atomic mass is 9.76. The quantitative estimate of drug-likeness (QED) is 0.866. The Morgan fingerprint density at radius 2 is 1.75 bits per heavy atom. The molecule has 24 heavy (non-hydrogen) atoms. The number of hydrogen-bond acceptors (Lipinski definition) is 2. The van der Waals surface area contributed by atoms with E-state index in [9.17, 15) is 9.50 Å². The van der Waals surface area contributed by atoms with Crippen LogP contribution in [0.2, 0.25) is 0 Å². The van der Waals surface area contributed by atoms with Crippen LogP contribution in [0.4, 0.5) is 4.39 Å². The minimum absolute atomic E-state index is 0.0197. The van der Waals surface area contributed by atoms with Crippen LogP contribution in [0, 0.1) is 11.2 Å². The molecule has 0 aliphatic carbocycles. The lowest BCUT2D eigenvalue weighted by Crippen LogP contribution is -2.45. The van der Waals surface area contributed by atoms with E-state index in [0.29, 0.717) is 0 Å². The number of rotatable bonds is 6. The van der Waals surface area contributed by atoms with Gasteiger partial charge < -0.3 is 5.11 Å². The van der Waals surface area contributed by atoms with Gasteiger partial charge in [0.25, 0.3) is 0 Å². The molecule has 0 aromatic heterocycles. The standard InChI is InChI=1S/C21H26FNO/c22-20-9-7-19(8-10-20)15-23-14-4-12-21(16-23,17-24)13-11-18-5-2-1-3-6-18/h1-3,5-10,24H,4,11-17H2. The fraction of sp³-hybridized carbons (Fsp3) is 0.429. The molecule has 2 aromatic rings. The monoisotopic (exact) mass is 327 g/mol. The Balaban J connectivity index is 1.62. The largest absolute Gasteiger partial charge is 0.396 e. The van der Waals surface area contributed by atoms with E-state index < -0.39 is 0 Å². The summed E-state index contributed by atoms with van der Waals surface area (Å²) < 4.78 is 13.1. The van der Waals surface area contributed by atoms with Crippen molar-refractivity contribution in [2.24, 2.45) is 5.41 Å². The number of benzene rings is 2. The molecule has 0 saturated carbocycles. The van der Waals surface area contributed by atoms with Crippen molar-refractivity contribution in [3.05, 3.63) is 71.5 Å². The van der Waals surface area contributed by atoms with Crippen molar-refractivity contribution in [1.29, 1.82) is 0 Å². The fourth-order valence-electron chi connectivity index (χ4n) is 3.76. The van der Waals surface area contributed by atoms with Gasteiger partial charge in [0, 0.05) is 25.1 Å². The van der Waals surface area contributed by atoms with Crippen LogP contribution in [0.3, 0.4) is 0 Å². The maximum absolute atomic E-state index is 13.1. The van der Waals surface area contributed by atoms with Crippen LogP contribution in [-0.2, 0) is 13.0 Å². The van der Waals surface area contributed by atoms with Crippen LogP contribution in [-0.4, -0.2) is 29.7 Å². The van der Waals surface area contributed by atoms with Gasteiger partial charge in [0.1, 0.15) is 5.82 Å². The lowest BCUT2D eigenvalue weighted by molar-refractivity contribution is 0.0224. The van der Waals surface area contributed by atoms with E-state index in [1.807, 2.05) is 18.2 Å². The molecule has 3 heteroatoms. The van der Waals surface area contributed by atoms with Gasteiger partial charge in [-0.2, -0.15) is 0 Å². The highest BCUT2D eigenvalue weighted by atomic mass is 19.1. The Hall–Kier alpha value is -1.71. The Labute approximate surface area is 143 Å². The second kappa shape index (κ2) is 7.91. The smallest absolute Gasteiger partial charge is 0.123 e. The summed E-state index contributed by atoms with van der Waals surface area (Å²) in [6.45, 7) is 3.02. The van der Waals surface area contributed by atoms with E-state index in [2.05, 4.69) is 29.2 Å². The van der Waals surface area contributed by atoms with E-state index in [1.165, 1.54) is 17.7 Å². The molecule has 0 amide bonds. The summed E-state index contributed by atoms with van der Waals surface area (Å²) in [6, 6.07) is 17.3. The normalized spacial score (nSPS) is 21.8. The summed E-state index contributed by atoms with van der Waals surface area (Å²) in [5, 5.41) is 10.1. The van der Waals surface area contributed by atoms with Crippen LogP contribution in [0.15, 0.2) is 54.6 Å². The predicted molar refractivity (Wildman–Crippen MR) is 95.2 cm³/mol. The molecular weight excluding hydrogens is 301 g/mol. The van der Waals surface area contributed by atoms with Crippen LogP contribution < -0.4 is 0 Å². The van der Waals surface area contributed by atoms with Gasteiger partial charge in [-0.05, 0) is 55.5 Å². The molecule has 1 saturated heterocycles. The molecule has 1 heterocycles. The second-order valence-corrected chi connectivity index (χ2v) is 7.08. The van der Waals surface area contributed by atoms with Crippen molar-refractivity contribution in [3.8, 4) is 0 Å². The van der Waals surface area contributed by atoms with Gasteiger partial charge in [-0.15, -0.1) is 0 Å². The molecule has 0 spiro atoms. The molecule has 1 fully saturated rings. The molecule has 0 radical (unpaired) electrons. The molecule has 2 aromatic carbocycles. The zero-order valence-electron chi connectivity index (χ0n) is 14.1. The maximum Gasteiger partial charge on any atom is 0.123 e. The topological polar surface area (TPSA) is 23.5 Å². The Morgan fingerprint density at radius 3 is 2.46 bits per heavy atom. The number of nitrogens with zero attached hydrogens (tertiary/aromatic N) is 1. The third kappa shape index (κ3) is 4.43. The number of aliphatic hydroxyl groups excluding tert-OH is 1. The second-order valence-electron chi connectivity index (χ2n) is 7.08. The Kier molecular flexibility index (Phi) is 5.64. The zero-order valence-corrected chi connectivity index (χ0v) is 14.1. The van der Waals surface area contributed by atoms with Gasteiger partial charge in [-0.25, -0.2) is 4.39 Å². The first kappa shape index (κ1) is 17.1. The van der Waals surface area contributed by atoms with Crippen molar-refractivity contribution >= 4 is 0 Å². The average Bonchev–Trinajstić information content (AvgIpc) is 2.63. The molecule has 1 N–H and O–H groups in total. The van der Waals surface area contributed by atoms with E-state index in [0.717, 1.165) is 50.9 Å². The molecule has 2 nitrogen and oxygen atoms in total. The van der Waals surface area contributed by atoms with Gasteiger partial charge in [-0.3, -0.25) is 4.90 Å². The summed E-state index contributed by atoms with van der Waals surface area (Å²) in [6.07, 6.45) is 4.20. The number of halogens is 1. The van der Waals surface area contributed by atoms with Crippen molar-refractivity contribution in [3.63, 3.8) is 0 Å². The first-order valence-electron chi connectivity index (χ1n) is 8.81. The van der Waals surface area contributed by atoms with E-state index in [1.54, 1.807) is 0 Å². The molecule has 1 aliphatic heterocycles. The van der Waals surface area contributed by atoms with Crippen molar-refractivity contribution in [2.75, 3.05) is 19.7 Å². The van der Waals surface area contributed by atoms with E-state index in [4.69, 9.17) is 0 Å². The molecule has 128 valence electrons. The lowest BCUT2D eigenvalue weighted by Gasteiger charge is -2.42. The van der Waals surface area contributed by atoms with E-state index >= 15 is 0 Å². The highest BCUT2D eigenvalue weighted by Gasteiger charge is 2.34. The van der Waals surface area contributed by atoms with Crippen LogP contribution in [0.1, 0.15) is 30.4 Å². The van der Waals surface area contributed by atoms with Gasteiger partial charge in [0.2, 0.25) is 0 Å². The number of aryl methyl sites for hydroxylation is 1. The summed E-state index contributed by atoms with van der Waals surface area (Å²) >= 11 is 0. The minimum Gasteiger partial charge on any atom is -0.396 e. The third-order valence-electron chi connectivity index (χ3n) is 5.18. The maximum atomic E-state index is 13.1. The Bertz CT molecular complexity index is 628. The SMILES string of the molecule is OCC1(CCc2ccccc2)CCCN(Cc2ccc(F)cc2)C1. The highest BCUT2D eigenvalue weighted by Crippen LogP contribution is 2.35. The molecule has 0 bridgehead atoms. The molecule has 1 atom stereocenters. The molecule has 3 rings (SSSR count). The number of hydrogen-bond donors (Lipinski definition) is 1.